The zero-order valence-electron chi connectivity index (χ0n) is 11.3. The van der Waals surface area contributed by atoms with Gasteiger partial charge >= 0.3 is 6.18 Å². The fourth-order valence-corrected chi connectivity index (χ4v) is 2.34. The van der Waals surface area contributed by atoms with E-state index in [1.165, 1.54) is 0 Å². The van der Waals surface area contributed by atoms with Crippen LogP contribution in [0.5, 0.6) is 0 Å². The lowest BCUT2D eigenvalue weighted by atomic mass is 10.0. The quantitative estimate of drug-likeness (QED) is 0.839. The zero-order valence-corrected chi connectivity index (χ0v) is 11.3. The van der Waals surface area contributed by atoms with Crippen LogP contribution in [-0.4, -0.2) is 19.0 Å². The van der Waals surface area contributed by atoms with Crippen LogP contribution in [0.3, 0.4) is 0 Å². The lowest BCUT2D eigenvalue weighted by molar-refractivity contribution is -0.140. The summed E-state index contributed by atoms with van der Waals surface area (Å²) in [6, 6.07) is 2.45. The average Bonchev–Trinajstić information content (AvgIpc) is 2.90. The van der Waals surface area contributed by atoms with E-state index in [0.29, 0.717) is 24.5 Å². The van der Waals surface area contributed by atoms with Crippen LogP contribution in [0.25, 0.3) is 0 Å². The molecular formula is C14H16F4N2O. The van der Waals surface area contributed by atoms with Gasteiger partial charge in [0.15, 0.2) is 0 Å². The molecule has 1 heterocycles. The summed E-state index contributed by atoms with van der Waals surface area (Å²) in [6.45, 7) is 1.79. The zero-order chi connectivity index (χ0) is 15.5. The highest BCUT2D eigenvalue weighted by atomic mass is 19.4. The molecule has 0 bridgehead atoms. The number of halogens is 4. The van der Waals surface area contributed by atoms with Crippen LogP contribution in [-0.2, 0) is 11.0 Å². The number of alkyl halides is 3. The molecule has 1 saturated heterocycles. The third-order valence-corrected chi connectivity index (χ3v) is 3.50. The molecular weight excluding hydrogens is 288 g/mol. The summed E-state index contributed by atoms with van der Waals surface area (Å²) in [5.41, 5.74) is -1.42. The molecule has 0 saturated carbocycles. The topological polar surface area (TPSA) is 41.1 Å². The third-order valence-electron chi connectivity index (χ3n) is 3.50. The van der Waals surface area contributed by atoms with Crippen LogP contribution in [0.2, 0.25) is 0 Å². The summed E-state index contributed by atoms with van der Waals surface area (Å²) < 4.78 is 50.8. The minimum Gasteiger partial charge on any atom is -0.326 e. The van der Waals surface area contributed by atoms with Crippen molar-refractivity contribution < 1.29 is 22.4 Å². The van der Waals surface area contributed by atoms with Crippen LogP contribution in [0.15, 0.2) is 18.2 Å². The Kier molecular flexibility index (Phi) is 4.82. The van der Waals surface area contributed by atoms with Crippen LogP contribution in [0.4, 0.5) is 23.2 Å². The van der Waals surface area contributed by atoms with Crippen LogP contribution >= 0.6 is 0 Å². The van der Waals surface area contributed by atoms with Gasteiger partial charge in [-0.2, -0.15) is 13.2 Å². The Hall–Kier alpha value is -1.63. The van der Waals surface area contributed by atoms with E-state index >= 15 is 0 Å². The maximum atomic E-state index is 13.1. The van der Waals surface area contributed by atoms with Gasteiger partial charge in [0.25, 0.3) is 0 Å². The highest BCUT2D eigenvalue weighted by Gasteiger charge is 2.34. The molecule has 1 atom stereocenters. The van der Waals surface area contributed by atoms with E-state index in [0.717, 1.165) is 25.6 Å². The van der Waals surface area contributed by atoms with Crippen molar-refractivity contribution in [2.45, 2.75) is 25.4 Å². The number of amides is 1. The highest BCUT2D eigenvalue weighted by molar-refractivity contribution is 5.90. The molecule has 0 radical (unpaired) electrons. The molecule has 1 aliphatic rings. The number of hydrogen-bond acceptors (Lipinski definition) is 2. The van der Waals surface area contributed by atoms with E-state index in [9.17, 15) is 22.4 Å². The molecule has 3 nitrogen and oxygen atoms in total. The Morgan fingerprint density at radius 3 is 2.76 bits per heavy atom. The first kappa shape index (κ1) is 15.8. The lowest BCUT2D eigenvalue weighted by Gasteiger charge is -2.12. The fourth-order valence-electron chi connectivity index (χ4n) is 2.34. The van der Waals surface area contributed by atoms with Gasteiger partial charge in [-0.25, -0.2) is 4.39 Å². The van der Waals surface area contributed by atoms with Gasteiger partial charge in [-0.1, -0.05) is 0 Å². The molecule has 2 rings (SSSR count). The number of carbonyl (C=O) groups is 1. The normalized spacial score (nSPS) is 18.8. The average molecular weight is 304 g/mol. The van der Waals surface area contributed by atoms with Gasteiger partial charge in [0, 0.05) is 12.1 Å². The fraction of sp³-hybridized carbons (Fsp3) is 0.500. The third kappa shape index (κ3) is 4.42. The summed E-state index contributed by atoms with van der Waals surface area (Å²) in [5, 5.41) is 5.56. The van der Waals surface area contributed by atoms with Gasteiger partial charge in [0.1, 0.15) is 5.82 Å². The molecule has 1 aromatic rings. The molecule has 1 unspecified atom stereocenters. The number of hydrogen-bond donors (Lipinski definition) is 2. The van der Waals surface area contributed by atoms with E-state index in [2.05, 4.69) is 10.6 Å². The van der Waals surface area contributed by atoms with E-state index in [1.54, 1.807) is 0 Å². The van der Waals surface area contributed by atoms with Crippen molar-refractivity contribution in [2.24, 2.45) is 5.92 Å². The molecule has 0 spiro atoms. The second-order valence-corrected chi connectivity index (χ2v) is 5.14. The lowest BCUT2D eigenvalue weighted by Crippen LogP contribution is -2.16. The molecule has 116 valence electrons. The molecule has 2 N–H and O–H groups in total. The Labute approximate surface area is 119 Å². The SMILES string of the molecule is O=C(CCC1CCNC1)Nc1ccc(F)c(C(F)(F)F)c1. The van der Waals surface area contributed by atoms with E-state index in [4.69, 9.17) is 0 Å². The standard InChI is InChI=1S/C14H16F4N2O/c15-12-3-2-10(7-11(12)14(16,17)18)20-13(21)4-1-9-5-6-19-8-9/h2-3,7,9,19H,1,4-6,8H2,(H,20,21). The van der Waals surface area contributed by atoms with Gasteiger partial charge in [0.2, 0.25) is 5.91 Å². The molecule has 1 fully saturated rings. The van der Waals surface area contributed by atoms with Crippen molar-refractivity contribution in [3.05, 3.63) is 29.6 Å². The van der Waals surface area contributed by atoms with Crippen molar-refractivity contribution in [2.75, 3.05) is 18.4 Å². The van der Waals surface area contributed by atoms with Crippen molar-refractivity contribution in [3.8, 4) is 0 Å². The largest absolute Gasteiger partial charge is 0.419 e. The van der Waals surface area contributed by atoms with E-state index in [1.807, 2.05) is 0 Å². The molecule has 1 aliphatic heterocycles. The summed E-state index contributed by atoms with van der Waals surface area (Å²) in [6.07, 6.45) is -2.85. The second-order valence-electron chi connectivity index (χ2n) is 5.14. The predicted molar refractivity (Wildman–Crippen MR) is 70.2 cm³/mol. The molecule has 0 aromatic heterocycles. The molecule has 0 aliphatic carbocycles. The van der Waals surface area contributed by atoms with Crippen LogP contribution in [0, 0.1) is 11.7 Å². The Morgan fingerprint density at radius 1 is 1.38 bits per heavy atom. The smallest absolute Gasteiger partial charge is 0.326 e. The Balaban J connectivity index is 1.94. The van der Waals surface area contributed by atoms with Crippen molar-refractivity contribution >= 4 is 11.6 Å². The molecule has 1 amide bonds. The van der Waals surface area contributed by atoms with Crippen molar-refractivity contribution in [1.82, 2.24) is 5.32 Å². The van der Waals surface area contributed by atoms with E-state index < -0.39 is 17.6 Å². The second kappa shape index (κ2) is 6.43. The van der Waals surface area contributed by atoms with Gasteiger partial charge in [-0.05, 0) is 50.0 Å². The molecule has 1 aromatic carbocycles. The minimum atomic E-state index is -4.78. The van der Waals surface area contributed by atoms with Gasteiger partial charge < -0.3 is 10.6 Å². The van der Waals surface area contributed by atoms with E-state index in [-0.39, 0.29) is 18.0 Å². The van der Waals surface area contributed by atoms with Gasteiger partial charge in [-0.15, -0.1) is 0 Å². The van der Waals surface area contributed by atoms with Crippen LogP contribution < -0.4 is 10.6 Å². The number of carbonyl (C=O) groups excluding carboxylic acids is 1. The molecule has 7 heteroatoms. The van der Waals surface area contributed by atoms with Gasteiger partial charge in [0.05, 0.1) is 5.56 Å². The van der Waals surface area contributed by atoms with Crippen molar-refractivity contribution in [3.63, 3.8) is 0 Å². The summed E-state index contributed by atoms with van der Waals surface area (Å²) in [5.74, 6) is -1.28. The van der Waals surface area contributed by atoms with Gasteiger partial charge in [-0.3, -0.25) is 4.79 Å². The number of rotatable bonds is 4. The predicted octanol–water partition coefficient (Wildman–Crippen LogP) is 3.17. The Bertz CT molecular complexity index is 510. The van der Waals surface area contributed by atoms with Crippen LogP contribution in [0.1, 0.15) is 24.8 Å². The Morgan fingerprint density at radius 2 is 2.14 bits per heavy atom. The van der Waals surface area contributed by atoms with Crippen molar-refractivity contribution in [1.29, 1.82) is 0 Å². The summed E-state index contributed by atoms with van der Waals surface area (Å²) in [7, 11) is 0. The number of anilines is 1. The minimum absolute atomic E-state index is 0.0433. The summed E-state index contributed by atoms with van der Waals surface area (Å²) in [4.78, 5) is 11.7. The maximum Gasteiger partial charge on any atom is 0.419 e. The maximum absolute atomic E-state index is 13.1. The first-order valence-electron chi connectivity index (χ1n) is 6.73. The number of benzene rings is 1. The summed E-state index contributed by atoms with van der Waals surface area (Å²) >= 11 is 0. The first-order chi connectivity index (χ1) is 9.86. The molecule has 21 heavy (non-hydrogen) atoms. The number of nitrogens with one attached hydrogen (secondary N) is 2. The highest BCUT2D eigenvalue weighted by Crippen LogP contribution is 2.33. The first-order valence-corrected chi connectivity index (χ1v) is 6.73. The monoisotopic (exact) mass is 304 g/mol.